The lowest BCUT2D eigenvalue weighted by Crippen LogP contribution is -2.36. The van der Waals surface area contributed by atoms with E-state index < -0.39 is 0 Å². The Morgan fingerprint density at radius 3 is 2.40 bits per heavy atom. The van der Waals surface area contributed by atoms with Gasteiger partial charge in [-0.1, -0.05) is 30.3 Å². The van der Waals surface area contributed by atoms with Crippen molar-refractivity contribution in [2.24, 2.45) is 10.7 Å². The minimum atomic E-state index is -0.275. The highest BCUT2D eigenvalue weighted by molar-refractivity contribution is 6.05. The SMILES string of the molecule is COc1ccc(C(=O)NC(N)=NCCCCc2ccccc2)cc1.Cl. The van der Waals surface area contributed by atoms with Gasteiger partial charge < -0.3 is 10.5 Å². The number of rotatable bonds is 7. The second-order valence-electron chi connectivity index (χ2n) is 5.39. The predicted molar refractivity (Wildman–Crippen MR) is 104 cm³/mol. The lowest BCUT2D eigenvalue weighted by molar-refractivity contribution is 0.0976. The van der Waals surface area contributed by atoms with E-state index in [1.807, 2.05) is 18.2 Å². The van der Waals surface area contributed by atoms with Crippen molar-refractivity contribution < 1.29 is 9.53 Å². The molecule has 0 spiro atoms. The van der Waals surface area contributed by atoms with Crippen LogP contribution in [0.3, 0.4) is 0 Å². The van der Waals surface area contributed by atoms with E-state index in [9.17, 15) is 4.79 Å². The summed E-state index contributed by atoms with van der Waals surface area (Å²) in [5.41, 5.74) is 7.59. The van der Waals surface area contributed by atoms with Gasteiger partial charge in [-0.2, -0.15) is 0 Å². The molecule has 3 N–H and O–H groups in total. The van der Waals surface area contributed by atoms with Gasteiger partial charge in [-0.15, -0.1) is 12.4 Å². The summed E-state index contributed by atoms with van der Waals surface area (Å²) in [7, 11) is 1.58. The lowest BCUT2D eigenvalue weighted by Gasteiger charge is -2.06. The monoisotopic (exact) mass is 361 g/mol. The highest BCUT2D eigenvalue weighted by Gasteiger charge is 2.06. The maximum atomic E-state index is 12.0. The first-order chi connectivity index (χ1) is 11.7. The number of carbonyl (C=O) groups excluding carboxylic acids is 1. The summed E-state index contributed by atoms with van der Waals surface area (Å²) < 4.78 is 5.06. The molecular formula is C19H24ClN3O2. The third-order valence-electron chi connectivity index (χ3n) is 3.59. The molecule has 2 aromatic rings. The van der Waals surface area contributed by atoms with Gasteiger partial charge >= 0.3 is 0 Å². The fourth-order valence-electron chi connectivity index (χ4n) is 2.26. The first-order valence-corrected chi connectivity index (χ1v) is 7.98. The summed E-state index contributed by atoms with van der Waals surface area (Å²) >= 11 is 0. The molecular weight excluding hydrogens is 338 g/mol. The minimum absolute atomic E-state index is 0. The Bertz CT molecular complexity index is 673. The van der Waals surface area contributed by atoms with Crippen LogP contribution in [0, 0.1) is 0 Å². The van der Waals surface area contributed by atoms with Crippen molar-refractivity contribution in [1.82, 2.24) is 5.32 Å². The first kappa shape index (κ1) is 20.5. The number of aliphatic imine (C=N–C) groups is 1. The molecule has 6 heteroatoms. The molecule has 0 unspecified atom stereocenters. The Morgan fingerprint density at radius 1 is 1.08 bits per heavy atom. The fraction of sp³-hybridized carbons (Fsp3) is 0.263. The number of carbonyl (C=O) groups is 1. The van der Waals surface area contributed by atoms with E-state index in [4.69, 9.17) is 10.5 Å². The van der Waals surface area contributed by atoms with Gasteiger partial charge in [0.2, 0.25) is 0 Å². The third-order valence-corrected chi connectivity index (χ3v) is 3.59. The topological polar surface area (TPSA) is 76.7 Å². The summed E-state index contributed by atoms with van der Waals surface area (Å²) in [5.74, 6) is 0.574. The van der Waals surface area contributed by atoms with E-state index in [0.29, 0.717) is 17.9 Å². The molecule has 0 aliphatic heterocycles. The number of guanidine groups is 1. The number of methoxy groups -OCH3 is 1. The number of unbranched alkanes of at least 4 members (excludes halogenated alkanes) is 1. The van der Waals surface area contributed by atoms with Crippen LogP contribution in [0.1, 0.15) is 28.8 Å². The number of ether oxygens (including phenoxy) is 1. The Morgan fingerprint density at radius 2 is 1.76 bits per heavy atom. The van der Waals surface area contributed by atoms with E-state index in [-0.39, 0.29) is 24.3 Å². The number of nitrogens with one attached hydrogen (secondary N) is 1. The number of hydrogen-bond donors (Lipinski definition) is 2. The molecule has 0 aromatic heterocycles. The van der Waals surface area contributed by atoms with Crippen LogP contribution < -0.4 is 15.8 Å². The highest BCUT2D eigenvalue weighted by atomic mass is 35.5. The highest BCUT2D eigenvalue weighted by Crippen LogP contribution is 2.11. The van der Waals surface area contributed by atoms with Crippen molar-refractivity contribution in [1.29, 1.82) is 0 Å². The zero-order chi connectivity index (χ0) is 17.2. The normalized spacial score (nSPS) is 10.7. The van der Waals surface area contributed by atoms with Crippen LogP contribution in [-0.4, -0.2) is 25.5 Å². The summed E-state index contributed by atoms with van der Waals surface area (Å²) in [6.07, 6.45) is 2.98. The average molecular weight is 362 g/mol. The first-order valence-electron chi connectivity index (χ1n) is 7.98. The maximum absolute atomic E-state index is 12.0. The standard InChI is InChI=1S/C19H23N3O2.ClH/c1-24-17-12-10-16(11-13-17)18(23)22-19(20)21-14-6-5-9-15-7-3-2-4-8-15;/h2-4,7-8,10-13H,5-6,9,14H2,1H3,(H3,20,21,22,23);1H. The van der Waals surface area contributed by atoms with Crippen molar-refractivity contribution in [3.8, 4) is 5.75 Å². The molecule has 2 rings (SSSR count). The van der Waals surface area contributed by atoms with Gasteiger partial charge in [0.1, 0.15) is 5.75 Å². The van der Waals surface area contributed by atoms with E-state index in [2.05, 4.69) is 22.4 Å². The van der Waals surface area contributed by atoms with E-state index >= 15 is 0 Å². The molecule has 0 aliphatic rings. The quantitative estimate of drug-likeness (QED) is 0.451. The molecule has 5 nitrogen and oxygen atoms in total. The Labute approximate surface area is 154 Å². The molecule has 0 atom stereocenters. The Hall–Kier alpha value is -2.53. The smallest absolute Gasteiger partial charge is 0.257 e. The molecule has 134 valence electrons. The minimum Gasteiger partial charge on any atom is -0.497 e. The fourth-order valence-corrected chi connectivity index (χ4v) is 2.26. The molecule has 0 heterocycles. The number of aryl methyl sites for hydroxylation is 1. The van der Waals surface area contributed by atoms with Gasteiger partial charge in [0.05, 0.1) is 7.11 Å². The molecule has 0 radical (unpaired) electrons. The Balaban J connectivity index is 0.00000312. The van der Waals surface area contributed by atoms with Gasteiger partial charge in [-0.05, 0) is 49.1 Å². The number of nitrogens with zero attached hydrogens (tertiary/aromatic N) is 1. The van der Waals surface area contributed by atoms with Crippen LogP contribution in [-0.2, 0) is 6.42 Å². The van der Waals surface area contributed by atoms with E-state index in [1.165, 1.54) is 5.56 Å². The van der Waals surface area contributed by atoms with Gasteiger partial charge in [-0.25, -0.2) is 0 Å². The second-order valence-corrected chi connectivity index (χ2v) is 5.39. The average Bonchev–Trinajstić information content (AvgIpc) is 2.62. The molecule has 2 aromatic carbocycles. The molecule has 0 saturated carbocycles. The number of halogens is 1. The second kappa shape index (κ2) is 11.1. The summed E-state index contributed by atoms with van der Waals surface area (Å²) in [5, 5.41) is 2.59. The van der Waals surface area contributed by atoms with Crippen LogP contribution in [0.4, 0.5) is 0 Å². The third kappa shape index (κ3) is 7.27. The van der Waals surface area contributed by atoms with Crippen molar-refractivity contribution in [3.05, 3.63) is 65.7 Å². The van der Waals surface area contributed by atoms with E-state index in [0.717, 1.165) is 19.3 Å². The molecule has 0 bridgehead atoms. The van der Waals surface area contributed by atoms with Crippen molar-refractivity contribution >= 4 is 24.3 Å². The molecule has 1 amide bonds. The molecule has 0 fully saturated rings. The van der Waals surface area contributed by atoms with Crippen LogP contribution >= 0.6 is 12.4 Å². The van der Waals surface area contributed by atoms with Gasteiger partial charge in [0, 0.05) is 12.1 Å². The predicted octanol–water partition coefficient (Wildman–Crippen LogP) is 3.18. The molecule has 25 heavy (non-hydrogen) atoms. The maximum Gasteiger partial charge on any atom is 0.257 e. The van der Waals surface area contributed by atoms with Gasteiger partial charge in [0.15, 0.2) is 5.96 Å². The summed E-state index contributed by atoms with van der Waals surface area (Å²) in [4.78, 5) is 16.2. The van der Waals surface area contributed by atoms with Gasteiger partial charge in [0.25, 0.3) is 5.91 Å². The largest absolute Gasteiger partial charge is 0.497 e. The van der Waals surface area contributed by atoms with Crippen LogP contribution in [0.2, 0.25) is 0 Å². The Kier molecular flexibility index (Phi) is 9.11. The van der Waals surface area contributed by atoms with Crippen LogP contribution in [0.15, 0.2) is 59.6 Å². The molecule has 0 saturated heterocycles. The number of benzene rings is 2. The number of nitrogens with two attached hydrogens (primary N) is 1. The van der Waals surface area contributed by atoms with E-state index in [1.54, 1.807) is 31.4 Å². The summed E-state index contributed by atoms with van der Waals surface area (Å²) in [6.45, 7) is 0.599. The van der Waals surface area contributed by atoms with Crippen molar-refractivity contribution in [2.45, 2.75) is 19.3 Å². The lowest BCUT2D eigenvalue weighted by atomic mass is 10.1. The molecule has 0 aliphatic carbocycles. The van der Waals surface area contributed by atoms with Crippen LogP contribution in [0.25, 0.3) is 0 Å². The zero-order valence-electron chi connectivity index (χ0n) is 14.3. The number of amides is 1. The van der Waals surface area contributed by atoms with Gasteiger partial charge in [-0.3, -0.25) is 15.1 Å². The van der Waals surface area contributed by atoms with Crippen molar-refractivity contribution in [2.75, 3.05) is 13.7 Å². The van der Waals surface area contributed by atoms with Crippen molar-refractivity contribution in [3.63, 3.8) is 0 Å². The summed E-state index contributed by atoms with van der Waals surface area (Å²) in [6, 6.07) is 17.2. The van der Waals surface area contributed by atoms with Crippen LogP contribution in [0.5, 0.6) is 5.75 Å². The zero-order valence-corrected chi connectivity index (χ0v) is 15.1. The number of hydrogen-bond acceptors (Lipinski definition) is 3.